The lowest BCUT2D eigenvalue weighted by molar-refractivity contribution is 0.111. The molecule has 3 aromatic heterocycles. The molecule has 23 heavy (non-hydrogen) atoms. The molecule has 0 N–H and O–H groups in total. The number of aldehydes is 1. The highest BCUT2D eigenvalue weighted by Gasteiger charge is 2.19. The Labute approximate surface area is 145 Å². The van der Waals surface area contributed by atoms with Gasteiger partial charge in [0, 0.05) is 10.4 Å². The topological polar surface area (TPSA) is 34.4 Å². The minimum absolute atomic E-state index is 0.589. The molecule has 0 saturated heterocycles. The number of halogens is 1. The van der Waals surface area contributed by atoms with E-state index in [0.29, 0.717) is 5.69 Å². The van der Waals surface area contributed by atoms with Crippen LogP contribution in [-0.2, 0) is 0 Å². The maximum Gasteiger partial charge on any atom is 0.195 e. The third-order valence-corrected chi connectivity index (χ3v) is 5.85. The third kappa shape index (κ3) is 2.32. The standard InChI is InChI=1S/C17H11ClN2OS2/c1-10-7-11(4-5-12(10)18)14-9-23-17-19-16(13(8-21)20(14)17)15-3-2-6-22-15/h2-9H,1H3. The first-order chi connectivity index (χ1) is 11.2. The Bertz CT molecular complexity index is 1020. The average Bonchev–Trinajstić information content (AvgIpc) is 3.24. The minimum Gasteiger partial charge on any atom is -0.296 e. The molecule has 4 rings (SSSR count). The van der Waals surface area contributed by atoms with Gasteiger partial charge < -0.3 is 0 Å². The van der Waals surface area contributed by atoms with Crippen molar-refractivity contribution in [3.63, 3.8) is 0 Å². The van der Waals surface area contributed by atoms with E-state index in [0.717, 1.165) is 43.7 Å². The first-order valence-electron chi connectivity index (χ1n) is 6.94. The van der Waals surface area contributed by atoms with Gasteiger partial charge in [-0.05, 0) is 41.6 Å². The number of thiazole rings is 1. The van der Waals surface area contributed by atoms with E-state index in [-0.39, 0.29) is 0 Å². The van der Waals surface area contributed by atoms with Gasteiger partial charge >= 0.3 is 0 Å². The quantitative estimate of drug-likeness (QED) is 0.449. The third-order valence-electron chi connectivity index (χ3n) is 3.72. The second-order valence-electron chi connectivity index (χ2n) is 5.14. The lowest BCUT2D eigenvalue weighted by Gasteiger charge is -2.04. The highest BCUT2D eigenvalue weighted by molar-refractivity contribution is 7.15. The number of aromatic nitrogens is 2. The molecule has 0 atom stereocenters. The van der Waals surface area contributed by atoms with E-state index in [4.69, 9.17) is 11.6 Å². The molecule has 0 bridgehead atoms. The molecule has 3 heterocycles. The van der Waals surface area contributed by atoms with Crippen molar-refractivity contribution in [1.82, 2.24) is 9.38 Å². The first-order valence-corrected chi connectivity index (χ1v) is 9.08. The smallest absolute Gasteiger partial charge is 0.195 e. The van der Waals surface area contributed by atoms with Crippen molar-refractivity contribution in [2.24, 2.45) is 0 Å². The van der Waals surface area contributed by atoms with Crippen LogP contribution in [0, 0.1) is 6.92 Å². The SMILES string of the molecule is Cc1cc(-c2csc3nc(-c4cccs4)c(C=O)n23)ccc1Cl. The summed E-state index contributed by atoms with van der Waals surface area (Å²) in [5.41, 5.74) is 4.33. The van der Waals surface area contributed by atoms with Gasteiger partial charge in [0.2, 0.25) is 0 Å². The van der Waals surface area contributed by atoms with Crippen molar-refractivity contribution < 1.29 is 4.79 Å². The van der Waals surface area contributed by atoms with Crippen LogP contribution in [0.2, 0.25) is 5.02 Å². The predicted molar refractivity (Wildman–Crippen MR) is 97.0 cm³/mol. The van der Waals surface area contributed by atoms with Gasteiger partial charge in [-0.1, -0.05) is 23.7 Å². The number of hydrogen-bond acceptors (Lipinski definition) is 4. The second-order valence-corrected chi connectivity index (χ2v) is 7.34. The number of carbonyl (C=O) groups is 1. The number of rotatable bonds is 3. The maximum atomic E-state index is 11.7. The number of hydrogen-bond donors (Lipinski definition) is 0. The van der Waals surface area contributed by atoms with Crippen LogP contribution in [-0.4, -0.2) is 15.7 Å². The number of thiophene rings is 1. The fourth-order valence-corrected chi connectivity index (χ4v) is 4.33. The fraction of sp³-hybridized carbons (Fsp3) is 0.0588. The van der Waals surface area contributed by atoms with Crippen molar-refractivity contribution in [3.05, 3.63) is 57.4 Å². The van der Waals surface area contributed by atoms with Gasteiger partial charge in [-0.25, -0.2) is 4.98 Å². The summed E-state index contributed by atoms with van der Waals surface area (Å²) in [5.74, 6) is 0. The van der Waals surface area contributed by atoms with Gasteiger partial charge in [0.15, 0.2) is 11.2 Å². The van der Waals surface area contributed by atoms with Crippen LogP contribution < -0.4 is 0 Å². The molecule has 0 aliphatic heterocycles. The predicted octanol–water partition coefficient (Wildman–Crippen LogP) is 5.57. The van der Waals surface area contributed by atoms with Crippen LogP contribution in [0.15, 0.2) is 41.1 Å². The molecule has 0 radical (unpaired) electrons. The first kappa shape index (κ1) is 14.6. The molecular weight excluding hydrogens is 348 g/mol. The maximum absolute atomic E-state index is 11.7. The molecule has 0 saturated carbocycles. The monoisotopic (exact) mass is 358 g/mol. The highest BCUT2D eigenvalue weighted by atomic mass is 35.5. The van der Waals surface area contributed by atoms with Crippen LogP contribution in [0.1, 0.15) is 16.1 Å². The van der Waals surface area contributed by atoms with Crippen LogP contribution in [0.5, 0.6) is 0 Å². The molecule has 4 aromatic rings. The van der Waals surface area contributed by atoms with E-state index in [1.807, 2.05) is 52.4 Å². The molecule has 3 nitrogen and oxygen atoms in total. The zero-order valence-corrected chi connectivity index (χ0v) is 14.5. The molecule has 0 aliphatic rings. The lowest BCUT2D eigenvalue weighted by Crippen LogP contribution is -1.94. The van der Waals surface area contributed by atoms with Crippen molar-refractivity contribution in [2.45, 2.75) is 6.92 Å². The number of nitrogens with zero attached hydrogens (tertiary/aromatic N) is 2. The summed E-state index contributed by atoms with van der Waals surface area (Å²) in [4.78, 5) is 18.2. The molecule has 0 fully saturated rings. The van der Waals surface area contributed by atoms with Gasteiger partial charge in [-0.3, -0.25) is 9.20 Å². The van der Waals surface area contributed by atoms with E-state index >= 15 is 0 Å². The van der Waals surface area contributed by atoms with E-state index in [1.54, 1.807) is 11.3 Å². The Balaban J connectivity index is 1.98. The fourth-order valence-electron chi connectivity index (χ4n) is 2.59. The summed E-state index contributed by atoms with van der Waals surface area (Å²) in [6, 6.07) is 9.83. The van der Waals surface area contributed by atoms with Crippen molar-refractivity contribution in [2.75, 3.05) is 0 Å². The minimum atomic E-state index is 0.589. The van der Waals surface area contributed by atoms with Gasteiger partial charge in [-0.2, -0.15) is 0 Å². The van der Waals surface area contributed by atoms with Gasteiger partial charge in [0.05, 0.1) is 10.6 Å². The zero-order chi connectivity index (χ0) is 16.0. The lowest BCUT2D eigenvalue weighted by atomic mass is 10.1. The Kier molecular flexibility index (Phi) is 3.56. The number of aryl methyl sites for hydroxylation is 1. The van der Waals surface area contributed by atoms with Gasteiger partial charge in [0.1, 0.15) is 11.4 Å². The second kappa shape index (κ2) is 5.60. The van der Waals surface area contributed by atoms with E-state index < -0.39 is 0 Å². The summed E-state index contributed by atoms with van der Waals surface area (Å²) >= 11 is 9.23. The molecule has 1 aromatic carbocycles. The molecule has 0 unspecified atom stereocenters. The Morgan fingerprint density at radius 2 is 2.13 bits per heavy atom. The Morgan fingerprint density at radius 3 is 2.83 bits per heavy atom. The molecule has 0 amide bonds. The summed E-state index contributed by atoms with van der Waals surface area (Å²) in [6.07, 6.45) is 0.883. The number of imidazole rings is 1. The van der Waals surface area contributed by atoms with Crippen molar-refractivity contribution >= 4 is 45.5 Å². The van der Waals surface area contributed by atoms with Crippen LogP contribution in [0.4, 0.5) is 0 Å². The molecule has 0 spiro atoms. The van der Waals surface area contributed by atoms with Crippen LogP contribution in [0.3, 0.4) is 0 Å². The van der Waals surface area contributed by atoms with Crippen LogP contribution >= 0.6 is 34.3 Å². The Morgan fingerprint density at radius 1 is 1.26 bits per heavy atom. The van der Waals surface area contributed by atoms with E-state index in [9.17, 15) is 4.79 Å². The van der Waals surface area contributed by atoms with Crippen molar-refractivity contribution in [1.29, 1.82) is 0 Å². The highest BCUT2D eigenvalue weighted by Crippen LogP contribution is 2.34. The molecular formula is C17H11ClN2OS2. The molecule has 0 aliphatic carbocycles. The zero-order valence-electron chi connectivity index (χ0n) is 12.1. The summed E-state index contributed by atoms with van der Waals surface area (Å²) < 4.78 is 1.93. The molecule has 114 valence electrons. The summed E-state index contributed by atoms with van der Waals surface area (Å²) in [5, 5.41) is 4.75. The number of carbonyl (C=O) groups excluding carboxylic acids is 1. The van der Waals surface area contributed by atoms with Crippen LogP contribution in [0.25, 0.3) is 26.8 Å². The largest absolute Gasteiger partial charge is 0.296 e. The normalized spacial score (nSPS) is 11.2. The molecule has 6 heteroatoms. The Hall–Kier alpha value is -1.95. The van der Waals surface area contributed by atoms with E-state index in [1.165, 1.54) is 11.3 Å². The van der Waals surface area contributed by atoms with Gasteiger partial charge in [0.25, 0.3) is 0 Å². The van der Waals surface area contributed by atoms with E-state index in [2.05, 4.69) is 4.98 Å². The van der Waals surface area contributed by atoms with Crippen molar-refractivity contribution in [3.8, 4) is 21.8 Å². The number of fused-ring (bicyclic) bond motifs is 1. The van der Waals surface area contributed by atoms with Gasteiger partial charge in [-0.15, -0.1) is 22.7 Å². The summed E-state index contributed by atoms with van der Waals surface area (Å²) in [7, 11) is 0. The number of benzene rings is 1. The average molecular weight is 359 g/mol. The summed E-state index contributed by atoms with van der Waals surface area (Å²) in [6.45, 7) is 1.97.